The first-order chi connectivity index (χ1) is 16.4. The van der Waals surface area contributed by atoms with E-state index in [1.54, 1.807) is 24.3 Å². The van der Waals surface area contributed by atoms with E-state index in [2.05, 4.69) is 46.4 Å². The van der Waals surface area contributed by atoms with E-state index in [9.17, 15) is 14.6 Å². The third kappa shape index (κ3) is 5.96. The van der Waals surface area contributed by atoms with E-state index in [1.165, 1.54) is 18.2 Å². The molecule has 0 amide bonds. The van der Waals surface area contributed by atoms with Crippen LogP contribution >= 0.6 is 0 Å². The van der Waals surface area contributed by atoms with Crippen LogP contribution in [0.2, 0.25) is 16.6 Å². The second kappa shape index (κ2) is 11.1. The van der Waals surface area contributed by atoms with Crippen molar-refractivity contribution in [3.63, 3.8) is 0 Å². The van der Waals surface area contributed by atoms with Crippen LogP contribution in [0.3, 0.4) is 0 Å². The van der Waals surface area contributed by atoms with Gasteiger partial charge in [0, 0.05) is 19.6 Å². The normalized spacial score (nSPS) is 17.9. The molecule has 194 valence electrons. The first kappa shape index (κ1) is 27.8. The molecule has 0 bridgehead atoms. The largest absolute Gasteiger partial charge is 0.541 e. The van der Waals surface area contributed by atoms with Crippen LogP contribution in [-0.4, -0.2) is 43.1 Å². The van der Waals surface area contributed by atoms with Gasteiger partial charge >= 0.3 is 0 Å². The number of benzene rings is 2. The number of aliphatic hydroxyl groups excluding tert-OH is 1. The summed E-state index contributed by atoms with van der Waals surface area (Å²) < 4.78 is 35.2. The molecule has 1 aliphatic heterocycles. The van der Waals surface area contributed by atoms with Crippen LogP contribution in [0.25, 0.3) is 0 Å². The third-order valence-corrected chi connectivity index (χ3v) is 13.8. The van der Waals surface area contributed by atoms with E-state index in [4.69, 9.17) is 4.43 Å². The summed E-state index contributed by atoms with van der Waals surface area (Å²) >= 11 is 0. The second-order valence-electron chi connectivity index (χ2n) is 11.0. The molecule has 0 saturated carbocycles. The number of likely N-dealkylation sites (tertiary alicyclic amines) is 1. The van der Waals surface area contributed by atoms with E-state index >= 15 is 4.39 Å². The molecule has 1 atom stereocenters. The molecule has 0 aliphatic carbocycles. The molecule has 3 rings (SSSR count). The number of hydrogen-bond donors (Lipinski definition) is 2. The first-order valence-corrected chi connectivity index (χ1v) is 14.9. The summed E-state index contributed by atoms with van der Waals surface area (Å²) in [7, 11) is -2.28. The molecule has 0 spiro atoms. The van der Waals surface area contributed by atoms with E-state index in [1.807, 2.05) is 0 Å². The molecule has 1 heterocycles. The monoisotopic (exact) mass is 505 g/mol. The van der Waals surface area contributed by atoms with Crippen LogP contribution in [0, 0.1) is 11.6 Å². The fraction of sp³-hybridized carbons (Fsp3) is 0.571. The van der Waals surface area contributed by atoms with Crippen molar-refractivity contribution in [3.8, 4) is 5.75 Å². The molecule has 4 nitrogen and oxygen atoms in total. The Hall–Kier alpha value is -1.80. The zero-order valence-electron chi connectivity index (χ0n) is 21.9. The van der Waals surface area contributed by atoms with Gasteiger partial charge in [0.05, 0.1) is 11.7 Å². The minimum absolute atomic E-state index is 0.266. The quantitative estimate of drug-likeness (QED) is 0.380. The summed E-state index contributed by atoms with van der Waals surface area (Å²) in [6, 6.07) is 10.9. The highest BCUT2D eigenvalue weighted by atomic mass is 28.4. The smallest absolute Gasteiger partial charge is 0.258 e. The van der Waals surface area contributed by atoms with Gasteiger partial charge in [0.25, 0.3) is 8.32 Å². The van der Waals surface area contributed by atoms with Crippen LogP contribution in [0.5, 0.6) is 5.75 Å². The molecule has 2 aromatic rings. The number of aliphatic hydroxyl groups is 2. The zero-order chi connectivity index (χ0) is 26.0. The second-order valence-corrected chi connectivity index (χ2v) is 16.3. The molecule has 1 saturated heterocycles. The Morgan fingerprint density at radius 3 is 2.06 bits per heavy atom. The summed E-state index contributed by atoms with van der Waals surface area (Å²) in [5, 5.41) is 21.8. The van der Waals surface area contributed by atoms with E-state index in [0.717, 1.165) is 0 Å². The number of halogens is 2. The van der Waals surface area contributed by atoms with Gasteiger partial charge in [-0.25, -0.2) is 8.78 Å². The number of piperidine rings is 1. The highest BCUT2D eigenvalue weighted by Gasteiger charge is 2.47. The van der Waals surface area contributed by atoms with Gasteiger partial charge in [-0.1, -0.05) is 59.7 Å². The summed E-state index contributed by atoms with van der Waals surface area (Å²) in [5.74, 6) is -0.542. The number of hydrogen-bond acceptors (Lipinski definition) is 4. The highest BCUT2D eigenvalue weighted by Crippen LogP contribution is 2.43. The maximum atomic E-state index is 15.1. The van der Waals surface area contributed by atoms with Gasteiger partial charge in [-0.15, -0.1) is 0 Å². The molecule has 7 heteroatoms. The minimum Gasteiger partial charge on any atom is -0.541 e. The molecule has 1 fully saturated rings. The van der Waals surface area contributed by atoms with Gasteiger partial charge in [-0.05, 0) is 64.9 Å². The summed E-state index contributed by atoms with van der Waals surface area (Å²) in [4.78, 5) is 2.05. The zero-order valence-corrected chi connectivity index (χ0v) is 22.9. The molecule has 35 heavy (non-hydrogen) atoms. The lowest BCUT2D eigenvalue weighted by Gasteiger charge is -2.42. The van der Waals surface area contributed by atoms with Crippen molar-refractivity contribution in [3.05, 3.63) is 65.2 Å². The lowest BCUT2D eigenvalue weighted by molar-refractivity contribution is -0.0346. The molecule has 0 aromatic heterocycles. The highest BCUT2D eigenvalue weighted by molar-refractivity contribution is 6.78. The fourth-order valence-corrected chi connectivity index (χ4v) is 11.1. The molecule has 0 radical (unpaired) electrons. The molecule has 1 unspecified atom stereocenters. The Bertz CT molecular complexity index is 968. The summed E-state index contributed by atoms with van der Waals surface area (Å²) in [6.07, 6.45) is 0.0222. The Labute approximate surface area is 210 Å². The average Bonchev–Trinajstić information content (AvgIpc) is 2.79. The van der Waals surface area contributed by atoms with E-state index < -0.39 is 25.8 Å². The predicted octanol–water partition coefficient (Wildman–Crippen LogP) is 6.54. The van der Waals surface area contributed by atoms with Crippen molar-refractivity contribution in [1.82, 2.24) is 4.90 Å². The van der Waals surface area contributed by atoms with Gasteiger partial charge in [-0.2, -0.15) is 0 Å². The predicted molar refractivity (Wildman–Crippen MR) is 139 cm³/mol. The SMILES string of the molecule is CC(C)[Si](Oc1ccc(C(O)CN2CCC(O)(c3cccc(F)c3)CC2)cc1F)(C(C)C)C(C)C. The van der Waals surface area contributed by atoms with E-state index in [0.29, 0.717) is 60.2 Å². The van der Waals surface area contributed by atoms with Crippen LogP contribution in [0.1, 0.15) is 71.6 Å². The van der Waals surface area contributed by atoms with Crippen LogP contribution < -0.4 is 4.43 Å². The lowest BCUT2D eigenvalue weighted by Crippen LogP contribution is -2.50. The van der Waals surface area contributed by atoms with Crippen molar-refractivity contribution in [2.45, 2.75) is 82.7 Å². The summed E-state index contributed by atoms with van der Waals surface area (Å²) in [6.45, 7) is 14.4. The van der Waals surface area contributed by atoms with Crippen LogP contribution in [-0.2, 0) is 5.60 Å². The number of nitrogens with zero attached hydrogens (tertiary/aromatic N) is 1. The van der Waals surface area contributed by atoms with Crippen molar-refractivity contribution in [1.29, 1.82) is 0 Å². The van der Waals surface area contributed by atoms with Gasteiger partial charge < -0.3 is 19.5 Å². The Morgan fingerprint density at radius 2 is 1.54 bits per heavy atom. The van der Waals surface area contributed by atoms with E-state index in [-0.39, 0.29) is 11.6 Å². The van der Waals surface area contributed by atoms with Crippen molar-refractivity contribution >= 4 is 8.32 Å². The molecule has 2 aromatic carbocycles. The van der Waals surface area contributed by atoms with Crippen molar-refractivity contribution in [2.24, 2.45) is 0 Å². The number of rotatable bonds is 9. The van der Waals surface area contributed by atoms with Crippen molar-refractivity contribution in [2.75, 3.05) is 19.6 Å². The topological polar surface area (TPSA) is 52.9 Å². The molecule has 2 N–H and O–H groups in total. The van der Waals surface area contributed by atoms with Crippen LogP contribution in [0.4, 0.5) is 8.78 Å². The molecular weight excluding hydrogens is 464 g/mol. The Balaban J connectivity index is 1.66. The number of β-amino-alcohol motifs (C(OH)–C–C–N with tert-alkyl or cyclic N) is 1. The lowest BCUT2D eigenvalue weighted by atomic mass is 9.84. The fourth-order valence-electron chi connectivity index (χ4n) is 5.87. The molecular formula is C28H41F2NO3Si. The third-order valence-electron chi connectivity index (χ3n) is 7.81. The van der Waals surface area contributed by atoms with Gasteiger partial charge in [0.15, 0.2) is 5.82 Å². The maximum Gasteiger partial charge on any atom is 0.258 e. The Kier molecular flexibility index (Phi) is 8.79. The van der Waals surface area contributed by atoms with Crippen LogP contribution in [0.15, 0.2) is 42.5 Å². The van der Waals surface area contributed by atoms with Gasteiger partial charge in [0.2, 0.25) is 0 Å². The van der Waals surface area contributed by atoms with Gasteiger partial charge in [0.1, 0.15) is 11.6 Å². The minimum atomic E-state index is -2.28. The first-order valence-electron chi connectivity index (χ1n) is 12.8. The van der Waals surface area contributed by atoms with Gasteiger partial charge in [-0.3, -0.25) is 0 Å². The standard InChI is InChI=1S/C28H41F2NO3Si/c1-19(2)35(20(3)4,21(5)6)34-27-11-10-22(16-25(27)30)26(32)18-31-14-12-28(33,13-15-31)23-8-7-9-24(29)17-23/h7-11,16-17,19-21,26,32-33H,12-15,18H2,1-6H3. The summed E-state index contributed by atoms with van der Waals surface area (Å²) in [5.41, 5.74) is 1.01. The van der Waals surface area contributed by atoms with Crippen molar-refractivity contribution < 1.29 is 23.4 Å². The maximum absolute atomic E-state index is 15.1. The molecule has 1 aliphatic rings. The Morgan fingerprint density at radius 1 is 0.943 bits per heavy atom. The average molecular weight is 506 g/mol.